The van der Waals surface area contributed by atoms with Crippen LogP contribution >= 0.6 is 0 Å². The van der Waals surface area contributed by atoms with Gasteiger partial charge in [-0.3, -0.25) is 4.79 Å². The van der Waals surface area contributed by atoms with E-state index in [9.17, 15) is 14.7 Å². The van der Waals surface area contributed by atoms with Crippen molar-refractivity contribution < 1.29 is 24.2 Å². The SMILES string of the molecule is CC(C)(C)OC(=O)NC(COCCC1CC1)C(O)C(=O)C1CCC1. The van der Waals surface area contributed by atoms with E-state index in [2.05, 4.69) is 5.32 Å². The molecule has 0 aromatic carbocycles. The molecule has 0 spiro atoms. The highest BCUT2D eigenvalue weighted by Crippen LogP contribution is 2.32. The largest absolute Gasteiger partial charge is 0.444 e. The topological polar surface area (TPSA) is 84.9 Å². The summed E-state index contributed by atoms with van der Waals surface area (Å²) in [6.07, 6.45) is 4.27. The molecule has 2 aliphatic carbocycles. The molecule has 2 saturated carbocycles. The van der Waals surface area contributed by atoms with Crippen LogP contribution in [0.5, 0.6) is 0 Å². The highest BCUT2D eigenvalue weighted by atomic mass is 16.6. The fourth-order valence-electron chi connectivity index (χ4n) is 2.67. The van der Waals surface area contributed by atoms with Gasteiger partial charge in [0.2, 0.25) is 0 Å². The van der Waals surface area contributed by atoms with E-state index in [0.29, 0.717) is 6.61 Å². The van der Waals surface area contributed by atoms with E-state index >= 15 is 0 Å². The fraction of sp³-hybridized carbons (Fsp3) is 0.889. The number of hydrogen-bond donors (Lipinski definition) is 2. The van der Waals surface area contributed by atoms with Gasteiger partial charge in [-0.2, -0.15) is 0 Å². The van der Waals surface area contributed by atoms with Crippen molar-refractivity contribution in [3.8, 4) is 0 Å². The van der Waals surface area contributed by atoms with Gasteiger partial charge in [-0.25, -0.2) is 4.79 Å². The second-order valence-corrected chi connectivity index (χ2v) is 8.03. The zero-order valence-electron chi connectivity index (χ0n) is 15.0. The summed E-state index contributed by atoms with van der Waals surface area (Å²) in [7, 11) is 0. The van der Waals surface area contributed by atoms with E-state index in [1.807, 2.05) is 0 Å². The van der Waals surface area contributed by atoms with E-state index in [4.69, 9.17) is 9.47 Å². The van der Waals surface area contributed by atoms with Crippen molar-refractivity contribution in [3.63, 3.8) is 0 Å². The number of Topliss-reactive ketones (excluding diaryl/α,β-unsaturated/α-hetero) is 1. The Hall–Kier alpha value is -1.14. The fourth-order valence-corrected chi connectivity index (χ4v) is 2.67. The minimum Gasteiger partial charge on any atom is -0.444 e. The molecule has 0 aromatic rings. The zero-order chi connectivity index (χ0) is 17.7. The van der Waals surface area contributed by atoms with Crippen LogP contribution in [0.25, 0.3) is 0 Å². The number of carbonyl (C=O) groups excluding carboxylic acids is 2. The Balaban J connectivity index is 1.85. The Kier molecular flexibility index (Phi) is 6.63. The highest BCUT2D eigenvalue weighted by Gasteiger charge is 2.36. The van der Waals surface area contributed by atoms with Crippen molar-refractivity contribution in [2.75, 3.05) is 13.2 Å². The van der Waals surface area contributed by atoms with Gasteiger partial charge in [-0.05, 0) is 46.0 Å². The molecule has 0 aromatic heterocycles. The summed E-state index contributed by atoms with van der Waals surface area (Å²) in [5.74, 6) is 0.464. The minimum atomic E-state index is -1.25. The molecule has 2 N–H and O–H groups in total. The lowest BCUT2D eigenvalue weighted by Gasteiger charge is -2.30. The summed E-state index contributed by atoms with van der Waals surface area (Å²) in [4.78, 5) is 24.3. The number of aliphatic hydroxyl groups excluding tert-OH is 1. The Morgan fingerprint density at radius 2 is 1.88 bits per heavy atom. The van der Waals surface area contributed by atoms with Crippen molar-refractivity contribution in [2.24, 2.45) is 11.8 Å². The Morgan fingerprint density at radius 3 is 2.38 bits per heavy atom. The average molecular weight is 341 g/mol. The molecule has 138 valence electrons. The molecule has 6 heteroatoms. The number of ketones is 1. The van der Waals surface area contributed by atoms with Crippen LogP contribution in [0, 0.1) is 11.8 Å². The van der Waals surface area contributed by atoms with Crippen LogP contribution in [0.3, 0.4) is 0 Å². The quantitative estimate of drug-likeness (QED) is 0.629. The van der Waals surface area contributed by atoms with E-state index in [1.165, 1.54) is 12.8 Å². The molecule has 0 radical (unpaired) electrons. The normalized spacial score (nSPS) is 20.8. The van der Waals surface area contributed by atoms with E-state index in [0.717, 1.165) is 31.6 Å². The Morgan fingerprint density at radius 1 is 1.21 bits per heavy atom. The third kappa shape index (κ3) is 6.40. The summed E-state index contributed by atoms with van der Waals surface area (Å²) < 4.78 is 10.8. The number of carbonyl (C=O) groups is 2. The first-order chi connectivity index (χ1) is 11.3. The Bertz CT molecular complexity index is 437. The molecular weight excluding hydrogens is 310 g/mol. The van der Waals surface area contributed by atoms with Crippen LogP contribution in [0.4, 0.5) is 4.79 Å². The molecule has 0 bridgehead atoms. The first kappa shape index (κ1) is 19.2. The molecule has 0 aliphatic heterocycles. The van der Waals surface area contributed by atoms with Crippen molar-refractivity contribution in [1.82, 2.24) is 5.32 Å². The van der Waals surface area contributed by atoms with Crippen LogP contribution in [-0.4, -0.2) is 47.9 Å². The predicted molar refractivity (Wildman–Crippen MR) is 89.7 cm³/mol. The minimum absolute atomic E-state index is 0.0885. The lowest BCUT2D eigenvalue weighted by molar-refractivity contribution is -0.136. The number of amides is 1. The van der Waals surface area contributed by atoms with E-state index in [1.54, 1.807) is 20.8 Å². The number of hydrogen-bond acceptors (Lipinski definition) is 5. The lowest BCUT2D eigenvalue weighted by Crippen LogP contribution is -2.52. The number of aliphatic hydroxyl groups is 1. The van der Waals surface area contributed by atoms with Gasteiger partial charge in [0.15, 0.2) is 5.78 Å². The predicted octanol–water partition coefficient (Wildman–Crippen LogP) is 2.43. The maximum Gasteiger partial charge on any atom is 0.408 e. The summed E-state index contributed by atoms with van der Waals surface area (Å²) in [5.41, 5.74) is -0.635. The van der Waals surface area contributed by atoms with Gasteiger partial charge in [0, 0.05) is 12.5 Å². The second-order valence-electron chi connectivity index (χ2n) is 8.03. The van der Waals surface area contributed by atoms with Crippen LogP contribution in [-0.2, 0) is 14.3 Å². The van der Waals surface area contributed by atoms with E-state index in [-0.39, 0.29) is 18.3 Å². The van der Waals surface area contributed by atoms with Crippen LogP contribution in [0.2, 0.25) is 0 Å². The standard InChI is InChI=1S/C18H31NO5/c1-18(2,3)24-17(22)19-14(11-23-10-9-12-7-8-12)16(21)15(20)13-5-4-6-13/h12-14,16,21H,4-11H2,1-3H3,(H,19,22). The van der Waals surface area contributed by atoms with Crippen molar-refractivity contribution in [2.45, 2.75) is 77.0 Å². The number of ether oxygens (including phenoxy) is 2. The Labute approximate surface area is 144 Å². The summed E-state index contributed by atoms with van der Waals surface area (Å²) in [6, 6.07) is -0.771. The summed E-state index contributed by atoms with van der Waals surface area (Å²) >= 11 is 0. The maximum atomic E-state index is 12.3. The lowest BCUT2D eigenvalue weighted by atomic mass is 9.79. The van der Waals surface area contributed by atoms with Gasteiger partial charge in [0.1, 0.15) is 11.7 Å². The average Bonchev–Trinajstić information content (AvgIpc) is 3.21. The van der Waals surface area contributed by atoms with Crippen molar-refractivity contribution >= 4 is 11.9 Å². The molecule has 24 heavy (non-hydrogen) atoms. The number of rotatable bonds is 9. The van der Waals surface area contributed by atoms with Crippen LogP contribution in [0.1, 0.15) is 59.3 Å². The van der Waals surface area contributed by atoms with Gasteiger partial charge in [0.25, 0.3) is 0 Å². The second kappa shape index (κ2) is 8.30. The molecule has 2 fully saturated rings. The van der Waals surface area contributed by atoms with Gasteiger partial charge < -0.3 is 19.9 Å². The molecule has 2 rings (SSSR count). The molecule has 0 saturated heterocycles. The molecule has 2 aliphatic rings. The first-order valence-corrected chi connectivity index (χ1v) is 9.05. The maximum absolute atomic E-state index is 12.3. The van der Waals surface area contributed by atoms with Gasteiger partial charge in [-0.1, -0.05) is 19.3 Å². The zero-order valence-corrected chi connectivity index (χ0v) is 15.0. The van der Waals surface area contributed by atoms with Crippen LogP contribution < -0.4 is 5.32 Å². The highest BCUT2D eigenvalue weighted by molar-refractivity contribution is 5.87. The monoisotopic (exact) mass is 341 g/mol. The molecule has 2 atom stereocenters. The van der Waals surface area contributed by atoms with Crippen LogP contribution in [0.15, 0.2) is 0 Å². The number of alkyl carbamates (subject to hydrolysis) is 1. The van der Waals surface area contributed by atoms with Crippen molar-refractivity contribution in [1.29, 1.82) is 0 Å². The molecule has 6 nitrogen and oxygen atoms in total. The smallest absolute Gasteiger partial charge is 0.408 e. The molecule has 2 unspecified atom stereocenters. The van der Waals surface area contributed by atoms with Gasteiger partial charge in [-0.15, -0.1) is 0 Å². The first-order valence-electron chi connectivity index (χ1n) is 9.05. The summed E-state index contributed by atoms with van der Waals surface area (Å²) in [6.45, 7) is 6.00. The molecule has 1 amide bonds. The summed E-state index contributed by atoms with van der Waals surface area (Å²) in [5, 5.41) is 13.0. The number of nitrogens with one attached hydrogen (secondary N) is 1. The van der Waals surface area contributed by atoms with Gasteiger partial charge in [0.05, 0.1) is 12.6 Å². The van der Waals surface area contributed by atoms with Gasteiger partial charge >= 0.3 is 6.09 Å². The molecule has 0 heterocycles. The third-order valence-electron chi connectivity index (χ3n) is 4.55. The van der Waals surface area contributed by atoms with Crippen molar-refractivity contribution in [3.05, 3.63) is 0 Å². The third-order valence-corrected chi connectivity index (χ3v) is 4.55. The molecular formula is C18H31NO5. The van der Waals surface area contributed by atoms with E-state index < -0.39 is 23.8 Å².